The molecule has 8 nitrogen and oxygen atoms in total. The first-order valence-corrected chi connectivity index (χ1v) is 10.1. The summed E-state index contributed by atoms with van der Waals surface area (Å²) >= 11 is 0. The Morgan fingerprint density at radius 2 is 1.59 bits per heavy atom. The molecule has 3 N–H and O–H groups in total. The Kier molecular flexibility index (Phi) is 5.44. The predicted octanol–water partition coefficient (Wildman–Crippen LogP) is 3.43. The zero-order valence-electron chi connectivity index (χ0n) is 17.7. The zero-order valence-corrected chi connectivity index (χ0v) is 17.7. The Bertz CT molecular complexity index is 1280. The summed E-state index contributed by atoms with van der Waals surface area (Å²) in [6.07, 6.45) is 3.96. The minimum absolute atomic E-state index is 0.0950. The lowest BCUT2D eigenvalue weighted by atomic mass is 9.75. The third kappa shape index (κ3) is 4.49. The Hall–Kier alpha value is -4.07. The molecule has 0 radical (unpaired) electrons. The monoisotopic (exact) mass is 430 g/mol. The molecule has 0 bridgehead atoms. The highest BCUT2D eigenvalue weighted by Gasteiger charge is 2.32. The van der Waals surface area contributed by atoms with Crippen molar-refractivity contribution in [2.75, 3.05) is 10.6 Å². The topological polar surface area (TPSA) is 121 Å². The first-order chi connectivity index (χ1) is 15.2. The molecule has 1 aromatic carbocycles. The van der Waals surface area contributed by atoms with Crippen LogP contribution in [0.1, 0.15) is 57.0 Å². The van der Waals surface area contributed by atoms with E-state index in [2.05, 4.69) is 20.6 Å². The molecule has 0 saturated heterocycles. The SMILES string of the molecule is CC1(C)CC(=O)c2cc(C(=O)Nc3cccc(NC(=O)c4ccncc4)c3)c(=O)[nH]c2C1. The fraction of sp³-hybridized carbons (Fsp3) is 0.208. The molecular weight excluding hydrogens is 408 g/mol. The minimum Gasteiger partial charge on any atom is -0.325 e. The smallest absolute Gasteiger partial charge is 0.261 e. The summed E-state index contributed by atoms with van der Waals surface area (Å²) in [5.74, 6) is -1.05. The third-order valence-corrected chi connectivity index (χ3v) is 5.28. The molecule has 2 aromatic heterocycles. The van der Waals surface area contributed by atoms with Crippen LogP contribution in [0.2, 0.25) is 0 Å². The number of anilines is 2. The van der Waals surface area contributed by atoms with Crippen molar-refractivity contribution in [3.05, 3.63) is 87.6 Å². The van der Waals surface area contributed by atoms with Crippen molar-refractivity contribution in [1.82, 2.24) is 9.97 Å². The molecule has 1 aliphatic carbocycles. The van der Waals surface area contributed by atoms with Gasteiger partial charge in [-0.2, -0.15) is 0 Å². The maximum Gasteiger partial charge on any atom is 0.261 e. The van der Waals surface area contributed by atoms with Gasteiger partial charge >= 0.3 is 0 Å². The number of aromatic nitrogens is 2. The van der Waals surface area contributed by atoms with Gasteiger partial charge in [0.1, 0.15) is 5.56 Å². The van der Waals surface area contributed by atoms with Gasteiger partial charge in [-0.25, -0.2) is 0 Å². The molecule has 2 amide bonds. The number of hydrogen-bond donors (Lipinski definition) is 3. The molecular formula is C24H22N4O4. The number of pyridine rings is 2. The van der Waals surface area contributed by atoms with Gasteiger partial charge in [0.25, 0.3) is 17.4 Å². The van der Waals surface area contributed by atoms with E-state index in [4.69, 9.17) is 0 Å². The summed E-state index contributed by atoms with van der Waals surface area (Å²) in [5, 5.41) is 5.41. The van der Waals surface area contributed by atoms with E-state index < -0.39 is 11.5 Å². The largest absolute Gasteiger partial charge is 0.325 e. The van der Waals surface area contributed by atoms with Crippen LogP contribution in [0, 0.1) is 5.41 Å². The second-order valence-electron chi connectivity index (χ2n) is 8.57. The maximum absolute atomic E-state index is 12.8. The number of benzene rings is 1. The number of rotatable bonds is 4. The maximum atomic E-state index is 12.8. The van der Waals surface area contributed by atoms with E-state index in [1.54, 1.807) is 36.4 Å². The van der Waals surface area contributed by atoms with Crippen LogP contribution in [-0.4, -0.2) is 27.6 Å². The molecule has 32 heavy (non-hydrogen) atoms. The van der Waals surface area contributed by atoms with Crippen molar-refractivity contribution in [1.29, 1.82) is 0 Å². The van der Waals surface area contributed by atoms with Crippen molar-refractivity contribution in [3.63, 3.8) is 0 Å². The van der Waals surface area contributed by atoms with Crippen LogP contribution in [-0.2, 0) is 6.42 Å². The number of carbonyl (C=O) groups is 3. The molecule has 0 spiro atoms. The number of fused-ring (bicyclic) bond motifs is 1. The van der Waals surface area contributed by atoms with Crippen molar-refractivity contribution < 1.29 is 14.4 Å². The number of hydrogen-bond acceptors (Lipinski definition) is 5. The van der Waals surface area contributed by atoms with Crippen molar-refractivity contribution in [2.45, 2.75) is 26.7 Å². The Morgan fingerprint density at radius 3 is 2.28 bits per heavy atom. The number of aromatic amines is 1. The van der Waals surface area contributed by atoms with Gasteiger partial charge in [0, 0.05) is 47.0 Å². The molecule has 0 aliphatic heterocycles. The van der Waals surface area contributed by atoms with E-state index in [0.717, 1.165) is 0 Å². The van der Waals surface area contributed by atoms with Crippen LogP contribution < -0.4 is 16.2 Å². The fourth-order valence-electron chi connectivity index (χ4n) is 3.78. The highest BCUT2D eigenvalue weighted by atomic mass is 16.2. The van der Waals surface area contributed by atoms with Crippen LogP contribution in [0.5, 0.6) is 0 Å². The first-order valence-electron chi connectivity index (χ1n) is 10.1. The van der Waals surface area contributed by atoms with Gasteiger partial charge in [0.2, 0.25) is 0 Å². The fourth-order valence-corrected chi connectivity index (χ4v) is 3.78. The Labute approximate surface area is 184 Å². The summed E-state index contributed by atoms with van der Waals surface area (Å²) in [5.41, 5.74) is 1.34. The van der Waals surface area contributed by atoms with Crippen molar-refractivity contribution >= 4 is 29.0 Å². The van der Waals surface area contributed by atoms with Crippen LogP contribution in [0.25, 0.3) is 0 Å². The molecule has 3 aromatic rings. The second kappa shape index (κ2) is 8.22. The van der Waals surface area contributed by atoms with Gasteiger partial charge in [-0.1, -0.05) is 19.9 Å². The molecule has 8 heteroatoms. The molecule has 0 saturated carbocycles. The summed E-state index contributed by atoms with van der Waals surface area (Å²) in [7, 11) is 0. The van der Waals surface area contributed by atoms with Gasteiger partial charge in [0.05, 0.1) is 0 Å². The van der Waals surface area contributed by atoms with Gasteiger partial charge in [-0.15, -0.1) is 0 Å². The van der Waals surface area contributed by atoms with E-state index in [9.17, 15) is 19.2 Å². The van der Waals surface area contributed by atoms with E-state index >= 15 is 0 Å². The quantitative estimate of drug-likeness (QED) is 0.586. The Balaban J connectivity index is 1.53. The highest BCUT2D eigenvalue weighted by Crippen LogP contribution is 2.33. The van der Waals surface area contributed by atoms with Gasteiger partial charge in [0.15, 0.2) is 5.78 Å². The molecule has 4 rings (SSSR count). The highest BCUT2D eigenvalue weighted by molar-refractivity contribution is 6.07. The standard InChI is InChI=1S/C24H22N4O4/c1-24(2)12-19-17(20(29)13-24)11-18(23(32)28-19)22(31)27-16-5-3-4-15(10-16)26-21(30)14-6-8-25-9-7-14/h3-11H,12-13H2,1-2H3,(H,26,30)(H,27,31)(H,28,32). The molecule has 0 atom stereocenters. The summed E-state index contributed by atoms with van der Waals surface area (Å²) in [6.45, 7) is 3.93. The lowest BCUT2D eigenvalue weighted by Gasteiger charge is -2.29. The molecule has 1 aliphatic rings. The normalized spacial score (nSPS) is 14.4. The van der Waals surface area contributed by atoms with Crippen LogP contribution in [0.4, 0.5) is 11.4 Å². The summed E-state index contributed by atoms with van der Waals surface area (Å²) in [6, 6.07) is 11.1. The van der Waals surface area contributed by atoms with Gasteiger partial charge in [-0.05, 0) is 48.2 Å². The summed E-state index contributed by atoms with van der Waals surface area (Å²) in [4.78, 5) is 56.7. The van der Waals surface area contributed by atoms with Crippen LogP contribution in [0.3, 0.4) is 0 Å². The molecule has 162 valence electrons. The van der Waals surface area contributed by atoms with Crippen molar-refractivity contribution in [3.8, 4) is 0 Å². The van der Waals surface area contributed by atoms with Crippen LogP contribution in [0.15, 0.2) is 59.7 Å². The number of Topliss-reactive ketones (excluding diaryl/α,β-unsaturated/α-hetero) is 1. The van der Waals surface area contributed by atoms with Gasteiger partial charge < -0.3 is 15.6 Å². The van der Waals surface area contributed by atoms with Gasteiger partial charge in [-0.3, -0.25) is 24.2 Å². The number of ketones is 1. The lowest BCUT2D eigenvalue weighted by molar-refractivity contribution is 0.0909. The van der Waals surface area contributed by atoms with E-state index in [0.29, 0.717) is 41.0 Å². The average molecular weight is 430 g/mol. The number of amides is 2. The number of nitrogens with zero attached hydrogens (tertiary/aromatic N) is 1. The predicted molar refractivity (Wildman–Crippen MR) is 120 cm³/mol. The second-order valence-corrected chi connectivity index (χ2v) is 8.57. The first kappa shape index (κ1) is 21.2. The lowest BCUT2D eigenvalue weighted by Crippen LogP contribution is -2.32. The third-order valence-electron chi connectivity index (χ3n) is 5.28. The number of carbonyl (C=O) groups excluding carboxylic acids is 3. The van der Waals surface area contributed by atoms with E-state index in [-0.39, 0.29) is 22.7 Å². The zero-order chi connectivity index (χ0) is 22.9. The number of H-pyrrole nitrogens is 1. The van der Waals surface area contributed by atoms with Crippen molar-refractivity contribution in [2.24, 2.45) is 5.41 Å². The summed E-state index contributed by atoms with van der Waals surface area (Å²) < 4.78 is 0. The molecule has 2 heterocycles. The van der Waals surface area contributed by atoms with E-state index in [1.165, 1.54) is 18.5 Å². The minimum atomic E-state index is -0.635. The van der Waals surface area contributed by atoms with Crippen LogP contribution >= 0.6 is 0 Å². The molecule has 0 unspecified atom stereocenters. The van der Waals surface area contributed by atoms with E-state index in [1.807, 2.05) is 13.8 Å². The average Bonchev–Trinajstić information content (AvgIpc) is 2.73. The molecule has 0 fully saturated rings. The number of nitrogens with one attached hydrogen (secondary N) is 3. The Morgan fingerprint density at radius 1 is 0.938 bits per heavy atom.